The summed E-state index contributed by atoms with van der Waals surface area (Å²) in [6.07, 6.45) is 4.58. The molecule has 1 heterocycles. The van der Waals surface area contributed by atoms with E-state index in [1.807, 2.05) is 19.2 Å². The molecule has 0 aliphatic heterocycles. The van der Waals surface area contributed by atoms with Crippen molar-refractivity contribution < 1.29 is 4.74 Å². The van der Waals surface area contributed by atoms with Crippen LogP contribution in [0.3, 0.4) is 0 Å². The van der Waals surface area contributed by atoms with Crippen LogP contribution in [0.25, 0.3) is 0 Å². The van der Waals surface area contributed by atoms with Crippen molar-refractivity contribution in [3.63, 3.8) is 0 Å². The molecule has 0 fully saturated rings. The lowest BCUT2D eigenvalue weighted by molar-refractivity contribution is 0.337. The lowest BCUT2D eigenvalue weighted by Gasteiger charge is -2.24. The standard InChI is InChI=1S/C12H20N2O/c1-4-15-11-7-10(8-14-9-11)12(2,3)5-6-13/h7-9H,4-6,13H2,1-3H3. The van der Waals surface area contributed by atoms with E-state index in [1.54, 1.807) is 6.20 Å². The summed E-state index contributed by atoms with van der Waals surface area (Å²) in [7, 11) is 0. The van der Waals surface area contributed by atoms with Crippen molar-refractivity contribution in [2.24, 2.45) is 5.73 Å². The largest absolute Gasteiger partial charge is 0.492 e. The molecule has 0 saturated carbocycles. The molecular weight excluding hydrogens is 188 g/mol. The van der Waals surface area contributed by atoms with E-state index >= 15 is 0 Å². The van der Waals surface area contributed by atoms with Crippen molar-refractivity contribution in [3.8, 4) is 5.75 Å². The van der Waals surface area contributed by atoms with E-state index in [-0.39, 0.29) is 5.41 Å². The maximum Gasteiger partial charge on any atom is 0.137 e. The van der Waals surface area contributed by atoms with E-state index in [0.717, 1.165) is 12.2 Å². The van der Waals surface area contributed by atoms with Crippen LogP contribution in [0, 0.1) is 0 Å². The first-order chi connectivity index (χ1) is 7.10. The first-order valence-corrected chi connectivity index (χ1v) is 5.38. The van der Waals surface area contributed by atoms with Crippen molar-refractivity contribution in [2.75, 3.05) is 13.2 Å². The Bertz CT molecular complexity index is 310. The molecule has 84 valence electrons. The fourth-order valence-corrected chi connectivity index (χ4v) is 1.54. The molecule has 0 saturated heterocycles. The number of pyridine rings is 1. The molecule has 0 bridgehead atoms. The van der Waals surface area contributed by atoms with Crippen molar-refractivity contribution in [2.45, 2.75) is 32.6 Å². The van der Waals surface area contributed by atoms with Crippen LogP contribution in [0.1, 0.15) is 32.8 Å². The van der Waals surface area contributed by atoms with Crippen molar-refractivity contribution >= 4 is 0 Å². The third kappa shape index (κ3) is 3.20. The van der Waals surface area contributed by atoms with Gasteiger partial charge in [0.05, 0.1) is 12.8 Å². The zero-order chi connectivity index (χ0) is 11.3. The fourth-order valence-electron chi connectivity index (χ4n) is 1.54. The first-order valence-electron chi connectivity index (χ1n) is 5.38. The number of ether oxygens (including phenoxy) is 1. The zero-order valence-electron chi connectivity index (χ0n) is 9.79. The third-order valence-electron chi connectivity index (χ3n) is 2.57. The van der Waals surface area contributed by atoms with Crippen molar-refractivity contribution in [1.29, 1.82) is 0 Å². The van der Waals surface area contributed by atoms with Crippen LogP contribution in [0.4, 0.5) is 0 Å². The Labute approximate surface area is 91.7 Å². The van der Waals surface area contributed by atoms with Gasteiger partial charge >= 0.3 is 0 Å². The van der Waals surface area contributed by atoms with Gasteiger partial charge in [0.1, 0.15) is 5.75 Å². The van der Waals surface area contributed by atoms with Gasteiger partial charge in [-0.05, 0) is 36.9 Å². The number of hydrogen-bond donors (Lipinski definition) is 1. The van der Waals surface area contributed by atoms with Gasteiger partial charge in [0.15, 0.2) is 0 Å². The average Bonchev–Trinajstić information content (AvgIpc) is 2.19. The SMILES string of the molecule is CCOc1cncc(C(C)(C)CCN)c1. The van der Waals surface area contributed by atoms with Crippen LogP contribution >= 0.6 is 0 Å². The maximum atomic E-state index is 5.60. The summed E-state index contributed by atoms with van der Waals surface area (Å²) in [5.74, 6) is 0.833. The summed E-state index contributed by atoms with van der Waals surface area (Å²) in [5, 5.41) is 0. The van der Waals surface area contributed by atoms with Gasteiger partial charge < -0.3 is 10.5 Å². The molecular formula is C12H20N2O. The molecule has 2 N–H and O–H groups in total. The van der Waals surface area contributed by atoms with Gasteiger partial charge in [-0.15, -0.1) is 0 Å². The minimum absolute atomic E-state index is 0.0643. The summed E-state index contributed by atoms with van der Waals surface area (Å²) in [6, 6.07) is 2.05. The van der Waals surface area contributed by atoms with Crippen LogP contribution in [0.15, 0.2) is 18.5 Å². The molecule has 15 heavy (non-hydrogen) atoms. The summed E-state index contributed by atoms with van der Waals surface area (Å²) in [6.45, 7) is 7.67. The number of hydrogen-bond acceptors (Lipinski definition) is 3. The number of nitrogens with zero attached hydrogens (tertiary/aromatic N) is 1. The van der Waals surface area contributed by atoms with Gasteiger partial charge in [-0.3, -0.25) is 4.98 Å². The first kappa shape index (κ1) is 12.0. The predicted octanol–water partition coefficient (Wildman–Crippen LogP) is 2.11. The normalized spacial score (nSPS) is 11.5. The molecule has 3 nitrogen and oxygen atoms in total. The lowest BCUT2D eigenvalue weighted by atomic mass is 9.82. The molecule has 0 aromatic carbocycles. The average molecular weight is 208 g/mol. The number of nitrogens with two attached hydrogens (primary N) is 1. The van der Waals surface area contributed by atoms with E-state index in [4.69, 9.17) is 10.5 Å². The van der Waals surface area contributed by atoms with E-state index in [1.165, 1.54) is 5.56 Å². The highest BCUT2D eigenvalue weighted by Crippen LogP contribution is 2.28. The molecule has 1 aromatic rings. The Morgan fingerprint density at radius 1 is 1.40 bits per heavy atom. The Kier molecular flexibility index (Phi) is 4.09. The van der Waals surface area contributed by atoms with Gasteiger partial charge in [-0.25, -0.2) is 0 Å². The molecule has 0 aliphatic rings. The predicted molar refractivity (Wildman–Crippen MR) is 62.1 cm³/mol. The highest BCUT2D eigenvalue weighted by atomic mass is 16.5. The van der Waals surface area contributed by atoms with Gasteiger partial charge in [-0.2, -0.15) is 0 Å². The molecule has 0 unspecified atom stereocenters. The van der Waals surface area contributed by atoms with E-state index in [9.17, 15) is 0 Å². The second-order valence-corrected chi connectivity index (χ2v) is 4.26. The van der Waals surface area contributed by atoms with E-state index < -0.39 is 0 Å². The van der Waals surface area contributed by atoms with Crippen molar-refractivity contribution in [1.82, 2.24) is 4.98 Å². The van der Waals surface area contributed by atoms with Crippen LogP contribution in [-0.4, -0.2) is 18.1 Å². The smallest absolute Gasteiger partial charge is 0.137 e. The fraction of sp³-hybridized carbons (Fsp3) is 0.583. The third-order valence-corrected chi connectivity index (χ3v) is 2.57. The van der Waals surface area contributed by atoms with Crippen molar-refractivity contribution in [3.05, 3.63) is 24.0 Å². The Morgan fingerprint density at radius 2 is 2.13 bits per heavy atom. The monoisotopic (exact) mass is 208 g/mol. The van der Waals surface area contributed by atoms with Gasteiger partial charge in [0, 0.05) is 6.20 Å². The van der Waals surface area contributed by atoms with E-state index in [0.29, 0.717) is 13.2 Å². The topological polar surface area (TPSA) is 48.1 Å². The van der Waals surface area contributed by atoms with Crippen LogP contribution in [0.2, 0.25) is 0 Å². The Hall–Kier alpha value is -1.09. The molecule has 0 atom stereocenters. The molecule has 1 aromatic heterocycles. The quantitative estimate of drug-likeness (QED) is 0.806. The number of aromatic nitrogens is 1. The summed E-state index contributed by atoms with van der Waals surface area (Å²) in [4.78, 5) is 4.19. The molecule has 0 amide bonds. The van der Waals surface area contributed by atoms with Gasteiger partial charge in [0.25, 0.3) is 0 Å². The van der Waals surface area contributed by atoms with Gasteiger partial charge in [-0.1, -0.05) is 13.8 Å². The summed E-state index contributed by atoms with van der Waals surface area (Å²) in [5.41, 5.74) is 6.84. The van der Waals surface area contributed by atoms with Crippen LogP contribution in [0.5, 0.6) is 5.75 Å². The maximum absolute atomic E-state index is 5.60. The van der Waals surface area contributed by atoms with Crippen LogP contribution < -0.4 is 10.5 Å². The second-order valence-electron chi connectivity index (χ2n) is 4.26. The van der Waals surface area contributed by atoms with Gasteiger partial charge in [0.2, 0.25) is 0 Å². The summed E-state index contributed by atoms with van der Waals surface area (Å²) < 4.78 is 5.43. The molecule has 1 rings (SSSR count). The molecule has 0 aliphatic carbocycles. The minimum atomic E-state index is 0.0643. The second kappa shape index (κ2) is 5.12. The highest BCUT2D eigenvalue weighted by molar-refractivity contribution is 5.28. The number of rotatable bonds is 5. The zero-order valence-corrected chi connectivity index (χ0v) is 9.79. The molecule has 3 heteroatoms. The minimum Gasteiger partial charge on any atom is -0.492 e. The Morgan fingerprint density at radius 3 is 2.73 bits per heavy atom. The molecule has 0 radical (unpaired) electrons. The van der Waals surface area contributed by atoms with Crippen LogP contribution in [-0.2, 0) is 5.41 Å². The molecule has 0 spiro atoms. The Balaban J connectivity index is 2.88. The highest BCUT2D eigenvalue weighted by Gasteiger charge is 2.20. The lowest BCUT2D eigenvalue weighted by Crippen LogP contribution is -2.21. The van der Waals surface area contributed by atoms with E-state index in [2.05, 4.69) is 18.8 Å². The summed E-state index contributed by atoms with van der Waals surface area (Å²) >= 11 is 0.